The lowest BCUT2D eigenvalue weighted by molar-refractivity contribution is 0.0549. The molecule has 7 N–H and O–H groups in total. The Bertz CT molecular complexity index is 369. The highest BCUT2D eigenvalue weighted by atomic mass is 31.2. The van der Waals surface area contributed by atoms with E-state index < -0.39 is 33.0 Å². The molecule has 1 rings (SSSR count). The Labute approximate surface area is 104 Å². The molecule has 1 heterocycles. The van der Waals surface area contributed by atoms with E-state index in [0.29, 0.717) is 19.4 Å². The number of nitrogens with zero attached hydrogens (tertiary/aromatic N) is 1. The molecule has 0 saturated carbocycles. The number of β-amino-alcohol motifs (C(OH)–C–C–N with tert-alkyl or cyclic N) is 1. The van der Waals surface area contributed by atoms with Gasteiger partial charge in [0, 0.05) is 0 Å². The average molecular weight is 304 g/mol. The predicted molar refractivity (Wildman–Crippen MR) is 62.4 cm³/mol. The third kappa shape index (κ3) is 3.19. The van der Waals surface area contributed by atoms with E-state index in [4.69, 9.17) is 25.3 Å². The van der Waals surface area contributed by atoms with Gasteiger partial charge in [0.05, 0.1) is 12.7 Å². The normalized spacial score (nSPS) is 24.2. The smallest absolute Gasteiger partial charge is 0.367 e. The maximum absolute atomic E-state index is 11.2. The molecule has 0 aromatic heterocycles. The molecule has 1 saturated heterocycles. The summed E-state index contributed by atoms with van der Waals surface area (Å²) in [6.45, 7) is -0.536. The van der Waals surface area contributed by atoms with E-state index in [0.717, 1.165) is 6.42 Å². The van der Waals surface area contributed by atoms with E-state index in [1.807, 2.05) is 0 Å². The molecule has 18 heavy (non-hydrogen) atoms. The molecule has 11 heteroatoms. The van der Waals surface area contributed by atoms with Gasteiger partial charge >= 0.3 is 15.2 Å². The van der Waals surface area contributed by atoms with Gasteiger partial charge in [0.2, 0.25) is 0 Å². The van der Waals surface area contributed by atoms with E-state index in [1.165, 1.54) is 4.90 Å². The fourth-order valence-electron chi connectivity index (χ4n) is 1.84. The van der Waals surface area contributed by atoms with Crippen LogP contribution in [0.3, 0.4) is 0 Å². The van der Waals surface area contributed by atoms with Crippen molar-refractivity contribution in [2.45, 2.75) is 30.5 Å². The van der Waals surface area contributed by atoms with Crippen molar-refractivity contribution in [2.75, 3.05) is 13.1 Å². The molecule has 0 aliphatic carbocycles. The summed E-state index contributed by atoms with van der Waals surface area (Å²) in [5.74, 6) is 0. The minimum Gasteiger partial charge on any atom is -0.367 e. The van der Waals surface area contributed by atoms with Crippen LogP contribution in [-0.2, 0) is 9.13 Å². The minimum absolute atomic E-state index is 0.323. The van der Waals surface area contributed by atoms with Crippen LogP contribution in [0.4, 0.5) is 0 Å². The Morgan fingerprint density at radius 2 is 1.67 bits per heavy atom. The maximum Gasteiger partial charge on any atom is 0.370 e. The lowest BCUT2D eigenvalue weighted by atomic mass is 10.1. The van der Waals surface area contributed by atoms with E-state index in [2.05, 4.69) is 0 Å². The topological polar surface area (TPSA) is 165 Å². The number of rotatable bonds is 4. The number of aliphatic hydroxyl groups is 1. The number of hydrogen-bond acceptors (Lipinski definition) is 5. The molecular weight excluding hydrogens is 286 g/mol. The van der Waals surface area contributed by atoms with Gasteiger partial charge in [0.1, 0.15) is 0 Å². The molecule has 9 nitrogen and oxygen atoms in total. The second kappa shape index (κ2) is 5.28. The summed E-state index contributed by atoms with van der Waals surface area (Å²) in [6, 6.07) is 0. The first-order chi connectivity index (χ1) is 7.99. The fraction of sp³-hybridized carbons (Fsp3) is 1.00. The van der Waals surface area contributed by atoms with E-state index >= 15 is 0 Å². The van der Waals surface area contributed by atoms with Crippen molar-refractivity contribution in [1.82, 2.24) is 4.90 Å². The van der Waals surface area contributed by atoms with Crippen LogP contribution < -0.4 is 5.73 Å². The lowest BCUT2D eigenvalue weighted by Gasteiger charge is -2.39. The van der Waals surface area contributed by atoms with Crippen LogP contribution in [0.5, 0.6) is 0 Å². The van der Waals surface area contributed by atoms with E-state index in [9.17, 15) is 14.2 Å². The standard InChI is InChI=1S/C7H18N2O7P2/c8-6-3-1-2-4-9(6)5-7(10,17(11,12)13)18(14,15)16/h6,10H,1-5,8H2,(H2,11,12,13)(H2,14,15,16). The largest absolute Gasteiger partial charge is 0.370 e. The van der Waals surface area contributed by atoms with Gasteiger partial charge in [-0.2, -0.15) is 0 Å². The summed E-state index contributed by atoms with van der Waals surface area (Å²) in [5, 5.41) is 6.32. The first-order valence-electron chi connectivity index (χ1n) is 5.32. The molecule has 108 valence electrons. The second-order valence-corrected chi connectivity index (χ2v) is 8.40. The molecule has 0 spiro atoms. The van der Waals surface area contributed by atoms with Gasteiger partial charge in [-0.15, -0.1) is 0 Å². The van der Waals surface area contributed by atoms with Crippen molar-refractivity contribution < 1.29 is 33.8 Å². The van der Waals surface area contributed by atoms with Crippen molar-refractivity contribution in [3.05, 3.63) is 0 Å². The highest BCUT2D eigenvalue weighted by Crippen LogP contribution is 2.67. The molecule has 0 bridgehead atoms. The third-order valence-electron chi connectivity index (χ3n) is 3.01. The van der Waals surface area contributed by atoms with Crippen molar-refractivity contribution in [2.24, 2.45) is 5.73 Å². The van der Waals surface area contributed by atoms with Crippen LogP contribution in [0, 0.1) is 0 Å². The Kier molecular flexibility index (Phi) is 4.76. The summed E-state index contributed by atoms with van der Waals surface area (Å²) >= 11 is 0. The SMILES string of the molecule is NC1CCCCN1CC(O)(P(=O)(O)O)P(=O)(O)O. The highest BCUT2D eigenvalue weighted by Gasteiger charge is 2.60. The van der Waals surface area contributed by atoms with E-state index in [-0.39, 0.29) is 0 Å². The van der Waals surface area contributed by atoms with Crippen LogP contribution in [0.25, 0.3) is 0 Å². The van der Waals surface area contributed by atoms with Gasteiger partial charge in [-0.05, 0) is 25.8 Å². The monoisotopic (exact) mass is 304 g/mol. The van der Waals surface area contributed by atoms with Crippen LogP contribution in [-0.4, -0.2) is 53.9 Å². The zero-order valence-electron chi connectivity index (χ0n) is 9.58. The number of hydrogen-bond donors (Lipinski definition) is 6. The van der Waals surface area contributed by atoms with Crippen LogP contribution in [0.1, 0.15) is 19.3 Å². The highest BCUT2D eigenvalue weighted by molar-refractivity contribution is 7.72. The second-order valence-electron chi connectivity index (χ2n) is 4.40. The number of piperidine rings is 1. The summed E-state index contributed by atoms with van der Waals surface area (Å²) in [5.41, 5.74) is 5.68. The Morgan fingerprint density at radius 1 is 1.17 bits per heavy atom. The fourth-order valence-corrected chi connectivity index (χ4v) is 3.93. The van der Waals surface area contributed by atoms with Crippen molar-refractivity contribution >= 4 is 15.2 Å². The molecule has 0 aromatic carbocycles. The minimum atomic E-state index is -5.41. The lowest BCUT2D eigenvalue weighted by Crippen LogP contribution is -2.52. The molecule has 0 amide bonds. The van der Waals surface area contributed by atoms with Crippen LogP contribution in [0.15, 0.2) is 0 Å². The predicted octanol–water partition coefficient (Wildman–Crippen LogP) is -1.24. The Hall–Kier alpha value is 0.180. The van der Waals surface area contributed by atoms with Gasteiger partial charge in [-0.25, -0.2) is 0 Å². The summed E-state index contributed by atoms with van der Waals surface area (Å²) in [4.78, 5) is 37.2. The van der Waals surface area contributed by atoms with E-state index in [1.54, 1.807) is 0 Å². The molecule has 1 atom stereocenters. The molecular formula is C7H18N2O7P2. The van der Waals surface area contributed by atoms with Crippen LogP contribution in [0.2, 0.25) is 0 Å². The molecule has 1 unspecified atom stereocenters. The number of nitrogens with two attached hydrogens (primary N) is 1. The van der Waals surface area contributed by atoms with Gasteiger partial charge in [0.25, 0.3) is 5.08 Å². The van der Waals surface area contributed by atoms with Crippen molar-refractivity contribution in [3.8, 4) is 0 Å². The third-order valence-corrected chi connectivity index (χ3v) is 6.72. The zero-order valence-corrected chi connectivity index (χ0v) is 11.4. The van der Waals surface area contributed by atoms with Crippen molar-refractivity contribution in [3.63, 3.8) is 0 Å². The summed E-state index contributed by atoms with van der Waals surface area (Å²) < 4.78 is 22.3. The summed E-state index contributed by atoms with van der Waals surface area (Å²) in [7, 11) is -10.8. The first-order valence-corrected chi connectivity index (χ1v) is 8.55. The van der Waals surface area contributed by atoms with Crippen molar-refractivity contribution in [1.29, 1.82) is 0 Å². The molecule has 1 aliphatic heterocycles. The maximum atomic E-state index is 11.2. The first kappa shape index (κ1) is 16.2. The number of likely N-dealkylation sites (tertiary alicyclic amines) is 1. The molecule has 1 fully saturated rings. The van der Waals surface area contributed by atoms with Crippen LogP contribution >= 0.6 is 15.2 Å². The molecule has 0 radical (unpaired) electrons. The van der Waals surface area contributed by atoms with Gasteiger partial charge in [-0.1, -0.05) is 0 Å². The summed E-state index contributed by atoms with van der Waals surface area (Å²) in [6.07, 6.45) is 1.47. The average Bonchev–Trinajstić information content (AvgIpc) is 2.18. The Morgan fingerprint density at radius 3 is 2.06 bits per heavy atom. The molecule has 0 aromatic rings. The quantitative estimate of drug-likeness (QED) is 0.348. The van der Waals surface area contributed by atoms with Gasteiger partial charge < -0.3 is 30.4 Å². The van der Waals surface area contributed by atoms with Gasteiger partial charge in [0.15, 0.2) is 0 Å². The Balaban J connectivity index is 3.00. The molecule has 1 aliphatic rings. The zero-order chi connectivity index (χ0) is 14.2. The van der Waals surface area contributed by atoms with Gasteiger partial charge in [-0.3, -0.25) is 14.0 Å².